The first-order valence-corrected chi connectivity index (χ1v) is 11.5. The number of unbranched alkanes of at least 4 members (excludes halogenated alkanes) is 13. The van der Waals surface area contributed by atoms with Gasteiger partial charge in [-0.15, -0.1) is 0 Å². The van der Waals surface area contributed by atoms with E-state index in [0.29, 0.717) is 6.73 Å². The summed E-state index contributed by atoms with van der Waals surface area (Å²) in [5.41, 5.74) is 1.22. The Balaban J connectivity index is 0.00000729. The number of hydrogen-bond acceptors (Lipinski definition) is 2. The van der Waals surface area contributed by atoms with Crippen LogP contribution in [0.3, 0.4) is 0 Å². The van der Waals surface area contributed by atoms with E-state index in [-0.39, 0.29) is 12.4 Å². The van der Waals surface area contributed by atoms with E-state index in [4.69, 9.17) is 4.74 Å². The maximum atomic E-state index is 5.78. The fourth-order valence-electron chi connectivity index (χ4n) is 3.40. The highest BCUT2D eigenvalue weighted by molar-refractivity contribution is 5.41. The molecule has 1 aromatic rings. The summed E-state index contributed by atoms with van der Waals surface area (Å²) in [5.74, 6) is 0. The Bertz CT molecular complexity index is 437. The van der Waals surface area contributed by atoms with Crippen molar-refractivity contribution in [2.24, 2.45) is 0 Å². The van der Waals surface area contributed by atoms with Gasteiger partial charge in [0, 0.05) is 31.9 Å². The zero-order valence-corrected chi connectivity index (χ0v) is 19.6. The molecule has 164 valence electrons. The van der Waals surface area contributed by atoms with Crippen LogP contribution in [0.15, 0.2) is 24.5 Å². The zero-order chi connectivity index (χ0) is 19.6. The first kappa shape index (κ1) is 27.2. The Morgan fingerprint density at radius 1 is 0.714 bits per heavy atom. The molecule has 3 nitrogen and oxygen atoms in total. The van der Waals surface area contributed by atoms with Crippen LogP contribution in [0.25, 0.3) is 0 Å². The minimum Gasteiger partial charge on any atom is -1.00 e. The van der Waals surface area contributed by atoms with E-state index in [1.54, 1.807) is 0 Å². The van der Waals surface area contributed by atoms with Crippen LogP contribution < -0.4 is 21.9 Å². The number of hydrogen-bond donors (Lipinski definition) is 0. The van der Waals surface area contributed by atoms with Crippen molar-refractivity contribution in [1.82, 2.24) is 0 Å². The van der Waals surface area contributed by atoms with Gasteiger partial charge >= 0.3 is 0 Å². The van der Waals surface area contributed by atoms with Gasteiger partial charge in [-0.25, -0.2) is 0 Å². The fourth-order valence-corrected chi connectivity index (χ4v) is 3.40. The summed E-state index contributed by atoms with van der Waals surface area (Å²) in [5, 5.41) is 0. The minimum atomic E-state index is 0. The molecule has 0 saturated heterocycles. The molecule has 1 aromatic heterocycles. The van der Waals surface area contributed by atoms with Crippen molar-refractivity contribution < 1.29 is 21.7 Å². The third kappa shape index (κ3) is 15.2. The molecule has 0 radical (unpaired) electrons. The van der Waals surface area contributed by atoms with Gasteiger partial charge in [-0.2, -0.15) is 4.57 Å². The fraction of sp³-hybridized carbons (Fsp3) is 0.792. The normalized spacial score (nSPS) is 10.7. The lowest BCUT2D eigenvalue weighted by Gasteiger charge is -2.10. The van der Waals surface area contributed by atoms with E-state index in [1.165, 1.54) is 95.6 Å². The molecular formula is C24H45ClN2O. The molecule has 0 saturated carbocycles. The molecule has 0 spiro atoms. The molecule has 0 atom stereocenters. The maximum absolute atomic E-state index is 5.78. The number of pyridine rings is 1. The summed E-state index contributed by atoms with van der Waals surface area (Å²) in [6.45, 7) is 3.82. The molecule has 4 heteroatoms. The second-order valence-electron chi connectivity index (χ2n) is 8.10. The summed E-state index contributed by atoms with van der Waals surface area (Å²) >= 11 is 0. The summed E-state index contributed by atoms with van der Waals surface area (Å²) in [6, 6.07) is 4.24. The molecule has 1 heterocycles. The van der Waals surface area contributed by atoms with Crippen molar-refractivity contribution in [3.8, 4) is 0 Å². The number of ether oxygens (including phenoxy) is 1. The Kier molecular flexibility index (Phi) is 19.0. The van der Waals surface area contributed by atoms with Crippen molar-refractivity contribution in [3.05, 3.63) is 24.5 Å². The summed E-state index contributed by atoms with van der Waals surface area (Å²) in [4.78, 5) is 2.11. The molecular weight excluding hydrogens is 368 g/mol. The lowest BCUT2D eigenvalue weighted by atomic mass is 10.0. The molecule has 0 amide bonds. The van der Waals surface area contributed by atoms with Gasteiger partial charge in [0.25, 0.3) is 6.73 Å². The second-order valence-corrected chi connectivity index (χ2v) is 8.10. The van der Waals surface area contributed by atoms with Crippen molar-refractivity contribution >= 4 is 5.69 Å². The summed E-state index contributed by atoms with van der Waals surface area (Å²) in [7, 11) is 4.12. The minimum absolute atomic E-state index is 0. The van der Waals surface area contributed by atoms with Gasteiger partial charge < -0.3 is 22.0 Å². The number of nitrogens with zero attached hydrogens (tertiary/aromatic N) is 2. The average Bonchev–Trinajstić information content (AvgIpc) is 2.68. The van der Waals surface area contributed by atoms with Crippen LogP contribution in [-0.4, -0.2) is 20.7 Å². The average molecular weight is 413 g/mol. The lowest BCUT2D eigenvalue weighted by molar-refractivity contribution is -0.732. The Hall–Kier alpha value is -0.800. The van der Waals surface area contributed by atoms with Crippen LogP contribution in [0.1, 0.15) is 96.8 Å². The number of anilines is 1. The van der Waals surface area contributed by atoms with Crippen molar-refractivity contribution in [2.45, 2.75) is 104 Å². The molecule has 0 aliphatic rings. The van der Waals surface area contributed by atoms with Gasteiger partial charge in [-0.05, 0) is 6.42 Å². The molecule has 1 rings (SSSR count). The van der Waals surface area contributed by atoms with Gasteiger partial charge in [0.15, 0.2) is 12.4 Å². The van der Waals surface area contributed by atoms with Crippen LogP contribution in [-0.2, 0) is 11.5 Å². The lowest BCUT2D eigenvalue weighted by Crippen LogP contribution is -3.00. The van der Waals surface area contributed by atoms with Crippen LogP contribution in [0.4, 0.5) is 5.69 Å². The molecule has 0 aliphatic heterocycles. The molecule has 0 bridgehead atoms. The van der Waals surface area contributed by atoms with E-state index >= 15 is 0 Å². The molecule has 0 N–H and O–H groups in total. The van der Waals surface area contributed by atoms with Gasteiger partial charge in [0.2, 0.25) is 0 Å². The predicted molar refractivity (Wildman–Crippen MR) is 117 cm³/mol. The molecule has 0 aromatic carbocycles. The third-order valence-corrected chi connectivity index (χ3v) is 5.27. The van der Waals surface area contributed by atoms with Crippen molar-refractivity contribution in [2.75, 3.05) is 25.6 Å². The van der Waals surface area contributed by atoms with Crippen LogP contribution >= 0.6 is 0 Å². The summed E-state index contributed by atoms with van der Waals surface area (Å²) in [6.07, 6.45) is 23.8. The van der Waals surface area contributed by atoms with Gasteiger partial charge in [0.1, 0.15) is 0 Å². The molecule has 0 aliphatic carbocycles. The van der Waals surface area contributed by atoms with Gasteiger partial charge in [0.05, 0.1) is 6.61 Å². The topological polar surface area (TPSA) is 16.4 Å². The van der Waals surface area contributed by atoms with Crippen molar-refractivity contribution in [3.63, 3.8) is 0 Å². The summed E-state index contributed by atoms with van der Waals surface area (Å²) < 4.78 is 7.87. The second kappa shape index (κ2) is 19.5. The van der Waals surface area contributed by atoms with Gasteiger partial charge in [-0.3, -0.25) is 0 Å². The number of halogens is 1. The van der Waals surface area contributed by atoms with E-state index in [2.05, 4.69) is 55.0 Å². The molecule has 0 fully saturated rings. The van der Waals surface area contributed by atoms with E-state index in [9.17, 15) is 0 Å². The first-order chi connectivity index (χ1) is 13.2. The zero-order valence-electron chi connectivity index (χ0n) is 18.8. The first-order valence-electron chi connectivity index (χ1n) is 11.5. The van der Waals surface area contributed by atoms with E-state index in [1.807, 2.05) is 0 Å². The van der Waals surface area contributed by atoms with Crippen LogP contribution in [0.5, 0.6) is 0 Å². The van der Waals surface area contributed by atoms with Crippen LogP contribution in [0, 0.1) is 0 Å². The molecule has 28 heavy (non-hydrogen) atoms. The highest BCUT2D eigenvalue weighted by Gasteiger charge is 2.02. The molecule has 0 unspecified atom stereocenters. The standard InChI is InChI=1S/C24H45N2O.ClH/c1-4-5-6-7-8-9-10-11-12-13-14-15-16-17-22-27-23-26-20-18-24(19-21-26)25(2)3;/h18-21H,4-17,22-23H2,1-3H3;1H/q+1;/p-1. The van der Waals surface area contributed by atoms with E-state index in [0.717, 1.165) is 6.61 Å². The monoisotopic (exact) mass is 412 g/mol. The maximum Gasteiger partial charge on any atom is 0.252 e. The predicted octanol–water partition coefficient (Wildman–Crippen LogP) is 3.50. The third-order valence-electron chi connectivity index (χ3n) is 5.27. The number of aromatic nitrogens is 1. The van der Waals surface area contributed by atoms with E-state index < -0.39 is 0 Å². The Morgan fingerprint density at radius 2 is 1.14 bits per heavy atom. The highest BCUT2D eigenvalue weighted by atomic mass is 35.5. The van der Waals surface area contributed by atoms with Gasteiger partial charge in [-0.1, -0.05) is 90.4 Å². The Labute approximate surface area is 181 Å². The SMILES string of the molecule is CCCCCCCCCCCCCCCCOC[n+]1ccc(N(C)C)cc1.[Cl-]. The van der Waals surface area contributed by atoms with Crippen LogP contribution in [0.2, 0.25) is 0 Å². The largest absolute Gasteiger partial charge is 1.00 e. The highest BCUT2D eigenvalue weighted by Crippen LogP contribution is 2.13. The number of rotatable bonds is 18. The Morgan fingerprint density at radius 3 is 1.57 bits per heavy atom. The van der Waals surface area contributed by atoms with Crippen molar-refractivity contribution in [1.29, 1.82) is 0 Å². The smallest absolute Gasteiger partial charge is 0.252 e. The quantitative estimate of drug-likeness (QED) is 0.271.